The summed E-state index contributed by atoms with van der Waals surface area (Å²) in [6.45, 7) is 3.35. The molecule has 1 unspecified atom stereocenters. The minimum Gasteiger partial charge on any atom is -0.339 e. The number of hydrogen-bond acceptors (Lipinski definition) is 6. The van der Waals surface area contributed by atoms with Gasteiger partial charge in [0.25, 0.3) is 5.91 Å². The monoisotopic (exact) mass is 352 g/mol. The van der Waals surface area contributed by atoms with Gasteiger partial charge in [-0.25, -0.2) is 0 Å². The van der Waals surface area contributed by atoms with Crippen molar-refractivity contribution >= 4 is 5.91 Å². The summed E-state index contributed by atoms with van der Waals surface area (Å²) < 4.78 is 5.31. The average molecular weight is 352 g/mol. The second-order valence-electron chi connectivity index (χ2n) is 6.36. The molecule has 8 heteroatoms. The van der Waals surface area contributed by atoms with Crippen molar-refractivity contribution in [1.82, 2.24) is 31.0 Å². The second kappa shape index (κ2) is 7.09. The number of hydrogen-bond donors (Lipinski definition) is 3. The van der Waals surface area contributed by atoms with E-state index in [-0.39, 0.29) is 5.91 Å². The molecule has 0 aliphatic carbocycles. The van der Waals surface area contributed by atoms with E-state index >= 15 is 0 Å². The molecule has 3 heterocycles. The standard InChI is InChI=1S/C18H20N6O2/c1-11(18-21-15(24-26-18)9-12-5-3-2-4-6-12)20-17(25)16-13-10-19-8-7-14(13)22-23-16/h2-6,11,19H,7-10H2,1H3,(H,20,25)(H,22,23). The minimum absolute atomic E-state index is 0.249. The predicted molar refractivity (Wildman–Crippen MR) is 93.4 cm³/mol. The number of aromatic nitrogens is 4. The van der Waals surface area contributed by atoms with Crippen LogP contribution in [0.5, 0.6) is 0 Å². The molecule has 2 aromatic heterocycles. The Hall–Kier alpha value is -3.00. The van der Waals surface area contributed by atoms with Crippen molar-refractivity contribution < 1.29 is 9.32 Å². The Bertz CT molecular complexity index is 902. The Morgan fingerprint density at radius 3 is 3.04 bits per heavy atom. The molecule has 134 valence electrons. The molecular formula is C18H20N6O2. The highest BCUT2D eigenvalue weighted by Gasteiger charge is 2.24. The molecule has 0 fully saturated rings. The van der Waals surface area contributed by atoms with Crippen molar-refractivity contribution in [3.63, 3.8) is 0 Å². The number of benzene rings is 1. The van der Waals surface area contributed by atoms with Crippen molar-refractivity contribution in [2.75, 3.05) is 6.54 Å². The van der Waals surface area contributed by atoms with E-state index < -0.39 is 6.04 Å². The van der Waals surface area contributed by atoms with Gasteiger partial charge in [-0.05, 0) is 12.5 Å². The van der Waals surface area contributed by atoms with Crippen LogP contribution in [0, 0.1) is 0 Å². The van der Waals surface area contributed by atoms with Crippen molar-refractivity contribution in [1.29, 1.82) is 0 Å². The molecule has 3 aromatic rings. The molecule has 1 aliphatic heterocycles. The van der Waals surface area contributed by atoms with Crippen LogP contribution in [-0.4, -0.2) is 32.8 Å². The number of rotatable bonds is 5. The number of fused-ring (bicyclic) bond motifs is 1. The van der Waals surface area contributed by atoms with Crippen molar-refractivity contribution in [3.05, 3.63) is 64.6 Å². The molecular weight excluding hydrogens is 332 g/mol. The number of aromatic amines is 1. The van der Waals surface area contributed by atoms with Crippen LogP contribution in [0.2, 0.25) is 0 Å². The highest BCUT2D eigenvalue weighted by atomic mass is 16.5. The fraction of sp³-hybridized carbons (Fsp3) is 0.333. The highest BCUT2D eigenvalue weighted by molar-refractivity contribution is 5.94. The van der Waals surface area contributed by atoms with E-state index in [1.54, 1.807) is 0 Å². The molecule has 8 nitrogen and oxygen atoms in total. The smallest absolute Gasteiger partial charge is 0.272 e. The van der Waals surface area contributed by atoms with E-state index in [0.717, 1.165) is 29.8 Å². The summed E-state index contributed by atoms with van der Waals surface area (Å²) >= 11 is 0. The van der Waals surface area contributed by atoms with Crippen LogP contribution in [-0.2, 0) is 19.4 Å². The van der Waals surface area contributed by atoms with Gasteiger partial charge >= 0.3 is 0 Å². The summed E-state index contributed by atoms with van der Waals surface area (Å²) in [6, 6.07) is 9.53. The summed E-state index contributed by atoms with van der Waals surface area (Å²) in [5.74, 6) is 0.724. The van der Waals surface area contributed by atoms with Crippen LogP contribution < -0.4 is 10.6 Å². The van der Waals surface area contributed by atoms with Crippen LogP contribution in [0.3, 0.4) is 0 Å². The Morgan fingerprint density at radius 1 is 1.35 bits per heavy atom. The molecule has 0 saturated heterocycles. The van der Waals surface area contributed by atoms with Gasteiger partial charge < -0.3 is 15.2 Å². The highest BCUT2D eigenvalue weighted by Crippen LogP contribution is 2.17. The lowest BCUT2D eigenvalue weighted by molar-refractivity contribution is 0.0926. The second-order valence-corrected chi connectivity index (χ2v) is 6.36. The molecule has 26 heavy (non-hydrogen) atoms. The van der Waals surface area contributed by atoms with Crippen LogP contribution in [0.1, 0.15) is 52.0 Å². The van der Waals surface area contributed by atoms with Crippen LogP contribution in [0.4, 0.5) is 0 Å². The van der Waals surface area contributed by atoms with Gasteiger partial charge in [0, 0.05) is 37.2 Å². The summed E-state index contributed by atoms with van der Waals surface area (Å²) in [4.78, 5) is 16.9. The molecule has 1 atom stereocenters. The van der Waals surface area contributed by atoms with Gasteiger partial charge in [-0.3, -0.25) is 9.89 Å². The first-order valence-electron chi connectivity index (χ1n) is 8.65. The molecule has 1 aliphatic rings. The molecule has 4 rings (SSSR count). The molecule has 1 aromatic carbocycles. The summed E-state index contributed by atoms with van der Waals surface area (Å²) in [5, 5.41) is 17.2. The minimum atomic E-state index is -0.400. The summed E-state index contributed by atoms with van der Waals surface area (Å²) in [7, 11) is 0. The number of H-pyrrole nitrogens is 1. The normalized spacial score (nSPS) is 14.7. The van der Waals surface area contributed by atoms with Gasteiger partial charge in [0.05, 0.1) is 0 Å². The number of carbonyl (C=O) groups excluding carboxylic acids is 1. The van der Waals surface area contributed by atoms with E-state index in [1.165, 1.54) is 0 Å². The summed E-state index contributed by atoms with van der Waals surface area (Å²) in [6.07, 6.45) is 1.43. The third-order valence-electron chi connectivity index (χ3n) is 4.43. The molecule has 0 saturated carbocycles. The first kappa shape index (κ1) is 16.5. The molecule has 0 radical (unpaired) electrons. The Balaban J connectivity index is 1.43. The lowest BCUT2D eigenvalue weighted by Crippen LogP contribution is -2.30. The quantitative estimate of drug-likeness (QED) is 0.642. The topological polar surface area (TPSA) is 109 Å². The number of carbonyl (C=O) groups is 1. The van der Waals surface area contributed by atoms with Gasteiger partial charge in [-0.15, -0.1) is 0 Å². The predicted octanol–water partition coefficient (Wildman–Crippen LogP) is 1.52. The SMILES string of the molecule is CC(NC(=O)c1n[nH]c2c1CNCC2)c1nc(Cc2ccccc2)no1. The van der Waals surface area contributed by atoms with E-state index in [2.05, 4.69) is 31.0 Å². The maximum absolute atomic E-state index is 12.5. The van der Waals surface area contributed by atoms with Gasteiger partial charge in [-0.1, -0.05) is 35.5 Å². The lowest BCUT2D eigenvalue weighted by atomic mass is 10.1. The zero-order valence-corrected chi connectivity index (χ0v) is 14.5. The van der Waals surface area contributed by atoms with E-state index in [9.17, 15) is 4.79 Å². The zero-order valence-electron chi connectivity index (χ0n) is 14.5. The van der Waals surface area contributed by atoms with E-state index in [4.69, 9.17) is 4.52 Å². The Morgan fingerprint density at radius 2 is 2.19 bits per heavy atom. The van der Waals surface area contributed by atoms with Crippen molar-refractivity contribution in [3.8, 4) is 0 Å². The van der Waals surface area contributed by atoms with Gasteiger partial charge in [0.15, 0.2) is 11.5 Å². The first-order valence-corrected chi connectivity index (χ1v) is 8.65. The number of nitrogens with one attached hydrogen (secondary N) is 3. The number of nitrogens with zero attached hydrogens (tertiary/aromatic N) is 3. The first-order chi connectivity index (χ1) is 12.7. The average Bonchev–Trinajstić information content (AvgIpc) is 3.29. The molecule has 1 amide bonds. The fourth-order valence-corrected chi connectivity index (χ4v) is 3.03. The van der Waals surface area contributed by atoms with Gasteiger partial charge in [0.2, 0.25) is 5.89 Å². The van der Waals surface area contributed by atoms with Crippen LogP contribution in [0.25, 0.3) is 0 Å². The lowest BCUT2D eigenvalue weighted by Gasteiger charge is -2.13. The Labute approximate surface area is 150 Å². The number of amides is 1. The van der Waals surface area contributed by atoms with Crippen LogP contribution in [0.15, 0.2) is 34.9 Å². The van der Waals surface area contributed by atoms with Crippen molar-refractivity contribution in [2.45, 2.75) is 32.4 Å². The molecule has 0 spiro atoms. The third kappa shape index (κ3) is 3.36. The fourth-order valence-electron chi connectivity index (χ4n) is 3.03. The molecule has 3 N–H and O–H groups in total. The van der Waals surface area contributed by atoms with E-state index in [1.807, 2.05) is 37.3 Å². The summed E-state index contributed by atoms with van der Waals surface area (Å²) in [5.41, 5.74) is 3.47. The maximum atomic E-state index is 12.5. The zero-order chi connectivity index (χ0) is 17.9. The maximum Gasteiger partial charge on any atom is 0.272 e. The van der Waals surface area contributed by atoms with E-state index in [0.29, 0.717) is 30.4 Å². The largest absolute Gasteiger partial charge is 0.339 e. The molecule has 0 bridgehead atoms. The third-order valence-corrected chi connectivity index (χ3v) is 4.43. The Kier molecular flexibility index (Phi) is 4.49. The van der Waals surface area contributed by atoms with Gasteiger partial charge in [-0.2, -0.15) is 10.1 Å². The van der Waals surface area contributed by atoms with Crippen LogP contribution >= 0.6 is 0 Å². The van der Waals surface area contributed by atoms with Gasteiger partial charge in [0.1, 0.15) is 6.04 Å². The van der Waals surface area contributed by atoms with Crippen molar-refractivity contribution in [2.24, 2.45) is 0 Å².